The van der Waals surface area contributed by atoms with Crippen LogP contribution in [0.3, 0.4) is 0 Å². The van der Waals surface area contributed by atoms with E-state index in [-0.39, 0.29) is 6.61 Å². The first-order valence-corrected chi connectivity index (χ1v) is 9.47. The molecule has 0 amide bonds. The molecule has 0 radical (unpaired) electrons. The van der Waals surface area contributed by atoms with Crippen LogP contribution in [-0.4, -0.2) is 28.4 Å². The molecule has 1 N–H and O–H groups in total. The Morgan fingerprint density at radius 3 is 2.54 bits per heavy atom. The highest BCUT2D eigenvalue weighted by molar-refractivity contribution is 14.1. The zero-order chi connectivity index (χ0) is 18.8. The Kier molecular flexibility index (Phi) is 5.49. The van der Waals surface area contributed by atoms with E-state index in [1.165, 1.54) is 5.56 Å². The highest BCUT2D eigenvalue weighted by Crippen LogP contribution is 2.36. The van der Waals surface area contributed by atoms with Crippen molar-refractivity contribution in [3.05, 3.63) is 45.0 Å². The van der Waals surface area contributed by atoms with Crippen molar-refractivity contribution >= 4 is 33.6 Å². The predicted molar refractivity (Wildman–Crippen MR) is 110 cm³/mol. The summed E-state index contributed by atoms with van der Waals surface area (Å²) in [7, 11) is 1.58. The smallest absolute Gasteiger partial charge is 0.146 e. The molecule has 1 heterocycles. The van der Waals surface area contributed by atoms with Crippen molar-refractivity contribution in [2.24, 2.45) is 0 Å². The van der Waals surface area contributed by atoms with Crippen LogP contribution in [0.25, 0.3) is 22.4 Å². The standard InChI is InChI=1S/C20H20IN3O2/c1-12(2)13-4-6-14(7-5-13)20-23-18-17(21)15(11-22)10-16(26-3)19(18)24(20)8-9-25/h4-7,10,12,25H,8-9H2,1-3H3. The molecule has 0 bridgehead atoms. The van der Waals surface area contributed by atoms with Gasteiger partial charge in [-0.2, -0.15) is 5.26 Å². The van der Waals surface area contributed by atoms with Crippen molar-refractivity contribution in [2.75, 3.05) is 13.7 Å². The highest BCUT2D eigenvalue weighted by atomic mass is 127. The first kappa shape index (κ1) is 18.7. The molecule has 3 aromatic rings. The van der Waals surface area contributed by atoms with Gasteiger partial charge in [-0.05, 0) is 34.1 Å². The van der Waals surface area contributed by atoms with Crippen molar-refractivity contribution in [1.29, 1.82) is 5.26 Å². The second-order valence-corrected chi connectivity index (χ2v) is 7.42. The lowest BCUT2D eigenvalue weighted by Gasteiger charge is -2.11. The molecule has 0 unspecified atom stereocenters. The molecular weight excluding hydrogens is 441 g/mol. The van der Waals surface area contributed by atoms with Crippen molar-refractivity contribution in [2.45, 2.75) is 26.3 Å². The third kappa shape index (κ3) is 3.17. The number of nitriles is 1. The molecule has 26 heavy (non-hydrogen) atoms. The van der Waals surface area contributed by atoms with E-state index in [0.29, 0.717) is 23.8 Å². The Hall–Kier alpha value is -2.11. The first-order chi connectivity index (χ1) is 12.5. The van der Waals surface area contributed by atoms with E-state index in [1.54, 1.807) is 13.2 Å². The van der Waals surface area contributed by atoms with Crippen LogP contribution in [-0.2, 0) is 6.54 Å². The molecule has 0 saturated heterocycles. The Bertz CT molecular complexity index is 985. The number of imidazole rings is 1. The molecule has 0 aliphatic carbocycles. The average Bonchev–Trinajstić information content (AvgIpc) is 3.03. The lowest BCUT2D eigenvalue weighted by Crippen LogP contribution is -2.05. The molecule has 0 spiro atoms. The van der Waals surface area contributed by atoms with Crippen LogP contribution >= 0.6 is 22.6 Å². The van der Waals surface area contributed by atoms with Crippen LogP contribution in [0.4, 0.5) is 0 Å². The third-order valence-corrected chi connectivity index (χ3v) is 5.51. The number of benzene rings is 2. The van der Waals surface area contributed by atoms with Crippen LogP contribution in [0.15, 0.2) is 30.3 Å². The molecule has 0 atom stereocenters. The molecule has 0 saturated carbocycles. The van der Waals surface area contributed by atoms with Gasteiger partial charge in [-0.1, -0.05) is 38.1 Å². The Balaban J connectivity index is 2.30. The number of aliphatic hydroxyl groups is 1. The predicted octanol–water partition coefficient (Wildman–Crippen LogP) is 4.30. The largest absolute Gasteiger partial charge is 0.494 e. The summed E-state index contributed by atoms with van der Waals surface area (Å²) in [6.45, 7) is 4.71. The third-order valence-electron chi connectivity index (χ3n) is 4.42. The number of aliphatic hydroxyl groups excluding tert-OH is 1. The molecule has 5 nitrogen and oxygen atoms in total. The summed E-state index contributed by atoms with van der Waals surface area (Å²) in [6.07, 6.45) is 0. The maximum atomic E-state index is 9.58. The highest BCUT2D eigenvalue weighted by Gasteiger charge is 2.21. The number of nitrogens with zero attached hydrogens (tertiary/aromatic N) is 3. The minimum Gasteiger partial charge on any atom is -0.494 e. The van der Waals surface area contributed by atoms with Gasteiger partial charge in [0.05, 0.1) is 22.9 Å². The van der Waals surface area contributed by atoms with Crippen LogP contribution in [0, 0.1) is 14.9 Å². The normalized spacial score (nSPS) is 11.1. The van der Waals surface area contributed by atoms with Gasteiger partial charge in [0.1, 0.15) is 28.7 Å². The topological polar surface area (TPSA) is 71.1 Å². The second-order valence-electron chi connectivity index (χ2n) is 6.34. The molecular formula is C20H20IN3O2. The lowest BCUT2D eigenvalue weighted by molar-refractivity contribution is 0.278. The van der Waals surface area contributed by atoms with Gasteiger partial charge >= 0.3 is 0 Å². The summed E-state index contributed by atoms with van der Waals surface area (Å²) in [5.41, 5.74) is 4.28. The Morgan fingerprint density at radius 2 is 2.00 bits per heavy atom. The minimum absolute atomic E-state index is 0.0116. The van der Waals surface area contributed by atoms with E-state index in [1.807, 2.05) is 4.57 Å². The molecule has 2 aromatic carbocycles. The van der Waals surface area contributed by atoms with Gasteiger partial charge in [0.2, 0.25) is 0 Å². The number of aromatic nitrogens is 2. The number of hydrogen-bond acceptors (Lipinski definition) is 4. The summed E-state index contributed by atoms with van der Waals surface area (Å²) >= 11 is 2.15. The lowest BCUT2D eigenvalue weighted by atomic mass is 10.0. The molecule has 0 aliphatic heterocycles. The Morgan fingerprint density at radius 1 is 1.31 bits per heavy atom. The molecule has 0 fully saturated rings. The summed E-state index contributed by atoms with van der Waals surface area (Å²) in [5.74, 6) is 1.80. The van der Waals surface area contributed by atoms with E-state index in [2.05, 4.69) is 66.8 Å². The molecule has 0 aliphatic rings. The van der Waals surface area contributed by atoms with Crippen molar-refractivity contribution < 1.29 is 9.84 Å². The zero-order valence-electron chi connectivity index (χ0n) is 15.0. The molecule has 134 valence electrons. The fraction of sp³-hybridized carbons (Fsp3) is 0.300. The summed E-state index contributed by atoms with van der Waals surface area (Å²) in [4.78, 5) is 4.81. The van der Waals surface area contributed by atoms with Crippen LogP contribution < -0.4 is 4.74 Å². The quantitative estimate of drug-likeness (QED) is 0.576. The number of methoxy groups -OCH3 is 1. The summed E-state index contributed by atoms with van der Waals surface area (Å²) in [5, 5.41) is 19.0. The number of fused-ring (bicyclic) bond motifs is 1. The number of hydrogen-bond donors (Lipinski definition) is 1. The monoisotopic (exact) mass is 461 g/mol. The van der Waals surface area contributed by atoms with Crippen LogP contribution in [0.5, 0.6) is 5.75 Å². The van der Waals surface area contributed by atoms with Gasteiger partial charge in [0, 0.05) is 18.2 Å². The number of ether oxygens (including phenoxy) is 1. The van der Waals surface area contributed by atoms with Gasteiger partial charge in [-0.15, -0.1) is 0 Å². The second kappa shape index (κ2) is 7.64. The zero-order valence-corrected chi connectivity index (χ0v) is 17.1. The van der Waals surface area contributed by atoms with Gasteiger partial charge in [-0.3, -0.25) is 0 Å². The van der Waals surface area contributed by atoms with Crippen LogP contribution in [0.1, 0.15) is 30.9 Å². The van der Waals surface area contributed by atoms with Gasteiger partial charge < -0.3 is 14.4 Å². The van der Waals surface area contributed by atoms with E-state index in [0.717, 1.165) is 26.0 Å². The van der Waals surface area contributed by atoms with Crippen molar-refractivity contribution in [3.63, 3.8) is 0 Å². The maximum absolute atomic E-state index is 9.58. The van der Waals surface area contributed by atoms with E-state index >= 15 is 0 Å². The van der Waals surface area contributed by atoms with Gasteiger partial charge in [0.15, 0.2) is 0 Å². The number of rotatable bonds is 5. The van der Waals surface area contributed by atoms with E-state index < -0.39 is 0 Å². The average molecular weight is 461 g/mol. The van der Waals surface area contributed by atoms with Gasteiger partial charge in [-0.25, -0.2) is 4.98 Å². The first-order valence-electron chi connectivity index (χ1n) is 8.39. The van der Waals surface area contributed by atoms with Crippen molar-refractivity contribution in [1.82, 2.24) is 9.55 Å². The maximum Gasteiger partial charge on any atom is 0.146 e. The molecule has 3 rings (SSSR count). The number of halogens is 1. The fourth-order valence-corrected chi connectivity index (χ4v) is 3.69. The van der Waals surface area contributed by atoms with Crippen LogP contribution in [0.2, 0.25) is 0 Å². The van der Waals surface area contributed by atoms with E-state index in [9.17, 15) is 10.4 Å². The summed E-state index contributed by atoms with van der Waals surface area (Å²) < 4.78 is 8.26. The van der Waals surface area contributed by atoms with Gasteiger partial charge in [0.25, 0.3) is 0 Å². The Labute approximate surface area is 166 Å². The van der Waals surface area contributed by atoms with Crippen molar-refractivity contribution in [3.8, 4) is 23.2 Å². The fourth-order valence-electron chi connectivity index (χ4n) is 3.04. The summed E-state index contributed by atoms with van der Waals surface area (Å²) in [6, 6.07) is 12.2. The molecule has 6 heteroatoms. The SMILES string of the molecule is COc1cc(C#N)c(I)c2nc(-c3ccc(C(C)C)cc3)n(CCO)c12. The minimum atomic E-state index is -0.0116. The molecule has 1 aromatic heterocycles. The van der Waals surface area contributed by atoms with E-state index in [4.69, 9.17) is 9.72 Å².